The van der Waals surface area contributed by atoms with Crippen LogP contribution in [-0.2, 0) is 6.42 Å². The highest BCUT2D eigenvalue weighted by Crippen LogP contribution is 2.25. The van der Waals surface area contributed by atoms with E-state index in [0.29, 0.717) is 15.8 Å². The third-order valence-corrected chi connectivity index (χ3v) is 2.06. The number of methoxy groups -OCH3 is 1. The first-order valence-corrected chi connectivity index (χ1v) is 4.24. The fourth-order valence-electron chi connectivity index (χ4n) is 0.864. The van der Waals surface area contributed by atoms with E-state index in [0.717, 1.165) is 0 Å². The molecule has 0 fully saturated rings. The standard InChI is InChI=1S/C9H12BrNO/c1-12-9-6-7(4-5-11)2-3-8(9)10/h2-3,6H,4-5,11H2,1H3/i2D,5D2. The molecule has 1 aromatic carbocycles. The van der Waals surface area contributed by atoms with Crippen LogP contribution in [0.2, 0.25) is 0 Å². The normalized spacial score (nSPS) is 14.8. The van der Waals surface area contributed by atoms with Crippen molar-refractivity contribution in [2.24, 2.45) is 5.73 Å². The highest BCUT2D eigenvalue weighted by atomic mass is 79.9. The van der Waals surface area contributed by atoms with Gasteiger partial charge in [0.15, 0.2) is 0 Å². The van der Waals surface area contributed by atoms with E-state index < -0.39 is 6.50 Å². The van der Waals surface area contributed by atoms with Crippen molar-refractivity contribution in [3.63, 3.8) is 0 Å². The zero-order valence-corrected chi connectivity index (χ0v) is 8.31. The predicted molar refractivity (Wildman–Crippen MR) is 53.5 cm³/mol. The van der Waals surface area contributed by atoms with Crippen LogP contribution in [0, 0.1) is 0 Å². The summed E-state index contributed by atoms with van der Waals surface area (Å²) in [5.41, 5.74) is 5.79. The lowest BCUT2D eigenvalue weighted by atomic mass is 10.1. The number of rotatable bonds is 3. The number of hydrogen-bond donors (Lipinski definition) is 1. The number of benzene rings is 1. The molecule has 0 saturated heterocycles. The minimum atomic E-state index is -1.81. The fourth-order valence-corrected chi connectivity index (χ4v) is 1.26. The summed E-state index contributed by atoms with van der Waals surface area (Å²) >= 11 is 3.25. The van der Waals surface area contributed by atoms with Crippen LogP contribution in [0.25, 0.3) is 0 Å². The van der Waals surface area contributed by atoms with Crippen molar-refractivity contribution in [3.05, 3.63) is 28.2 Å². The zero-order chi connectivity index (χ0) is 11.6. The third-order valence-electron chi connectivity index (χ3n) is 1.44. The van der Waals surface area contributed by atoms with E-state index in [-0.39, 0.29) is 12.5 Å². The summed E-state index contributed by atoms with van der Waals surface area (Å²) in [5, 5.41) is 0. The van der Waals surface area contributed by atoms with Gasteiger partial charge in [0, 0.05) is 2.74 Å². The van der Waals surface area contributed by atoms with Gasteiger partial charge in [-0.05, 0) is 46.5 Å². The summed E-state index contributed by atoms with van der Waals surface area (Å²) in [7, 11) is 1.52. The van der Waals surface area contributed by atoms with Gasteiger partial charge in [-0.25, -0.2) is 0 Å². The molecule has 2 N–H and O–H groups in total. The summed E-state index contributed by atoms with van der Waals surface area (Å²) < 4.78 is 27.9. The minimum Gasteiger partial charge on any atom is -0.496 e. The number of ether oxygens (including phenoxy) is 1. The molecular formula is C9H12BrNO. The van der Waals surface area contributed by atoms with Crippen molar-refractivity contribution in [2.75, 3.05) is 13.6 Å². The molecule has 0 aliphatic heterocycles. The Balaban J connectivity index is 3.08. The molecule has 3 heteroatoms. The number of aryl methyl sites for hydroxylation is 1. The molecule has 0 bridgehead atoms. The van der Waals surface area contributed by atoms with Crippen molar-refractivity contribution in [1.29, 1.82) is 0 Å². The molecule has 0 unspecified atom stereocenters. The Morgan fingerprint density at radius 3 is 3.17 bits per heavy atom. The summed E-state index contributed by atoms with van der Waals surface area (Å²) in [6.45, 7) is -1.81. The van der Waals surface area contributed by atoms with Crippen LogP contribution >= 0.6 is 15.9 Å². The molecule has 12 heavy (non-hydrogen) atoms. The van der Waals surface area contributed by atoms with Gasteiger partial charge in [0.2, 0.25) is 0 Å². The monoisotopic (exact) mass is 232 g/mol. The van der Waals surface area contributed by atoms with Crippen molar-refractivity contribution >= 4 is 15.9 Å². The molecule has 0 saturated carbocycles. The highest BCUT2D eigenvalue weighted by Gasteiger charge is 1.99. The van der Waals surface area contributed by atoms with E-state index in [1.807, 2.05) is 0 Å². The van der Waals surface area contributed by atoms with Crippen LogP contribution < -0.4 is 10.5 Å². The van der Waals surface area contributed by atoms with Gasteiger partial charge < -0.3 is 10.5 Å². The smallest absolute Gasteiger partial charge is 0.133 e. The summed E-state index contributed by atoms with van der Waals surface area (Å²) in [6, 6.07) is 3.44. The maximum atomic E-state index is 7.66. The summed E-state index contributed by atoms with van der Waals surface area (Å²) in [4.78, 5) is 0. The minimum absolute atomic E-state index is 0.00449. The van der Waals surface area contributed by atoms with Crippen molar-refractivity contribution in [3.8, 4) is 5.75 Å². The Morgan fingerprint density at radius 1 is 1.83 bits per heavy atom. The molecular weight excluding hydrogens is 218 g/mol. The molecule has 0 aromatic heterocycles. The van der Waals surface area contributed by atoms with Gasteiger partial charge in [0.25, 0.3) is 0 Å². The van der Waals surface area contributed by atoms with Crippen molar-refractivity contribution in [2.45, 2.75) is 6.42 Å². The second kappa shape index (κ2) is 4.48. The van der Waals surface area contributed by atoms with Gasteiger partial charge in [0.05, 0.1) is 13.0 Å². The molecule has 1 aromatic rings. The Hall–Kier alpha value is -0.540. The molecule has 66 valence electrons. The molecule has 0 heterocycles. The first-order chi connectivity index (χ1) is 6.83. The van der Waals surface area contributed by atoms with Crippen LogP contribution in [0.5, 0.6) is 5.75 Å². The average Bonchev–Trinajstić information content (AvgIpc) is 2.07. The topological polar surface area (TPSA) is 35.2 Å². The summed E-state index contributed by atoms with van der Waals surface area (Å²) in [5.74, 6) is 0.574. The lowest BCUT2D eigenvalue weighted by molar-refractivity contribution is 0.411. The van der Waals surface area contributed by atoms with E-state index in [1.165, 1.54) is 7.11 Å². The van der Waals surface area contributed by atoms with Gasteiger partial charge in [0.1, 0.15) is 5.75 Å². The Labute approximate surface area is 85.1 Å². The van der Waals surface area contributed by atoms with E-state index in [9.17, 15) is 0 Å². The van der Waals surface area contributed by atoms with Gasteiger partial charge in [-0.1, -0.05) is 6.04 Å². The maximum absolute atomic E-state index is 7.66. The van der Waals surface area contributed by atoms with Crippen LogP contribution in [0.4, 0.5) is 0 Å². The average molecular weight is 233 g/mol. The number of hydrogen-bond acceptors (Lipinski definition) is 2. The Bertz CT molecular complexity index is 365. The van der Waals surface area contributed by atoms with Crippen molar-refractivity contribution in [1.82, 2.24) is 0 Å². The zero-order valence-electron chi connectivity index (χ0n) is 9.73. The maximum Gasteiger partial charge on any atom is 0.133 e. The Kier molecular flexibility index (Phi) is 2.24. The largest absolute Gasteiger partial charge is 0.496 e. The van der Waals surface area contributed by atoms with Crippen molar-refractivity contribution < 1.29 is 8.85 Å². The molecule has 2 nitrogen and oxygen atoms in total. The first-order valence-electron chi connectivity index (χ1n) is 4.95. The number of halogens is 1. The molecule has 0 aliphatic carbocycles. The van der Waals surface area contributed by atoms with Crippen LogP contribution in [0.3, 0.4) is 0 Å². The van der Waals surface area contributed by atoms with Crippen LogP contribution in [0.1, 0.15) is 9.68 Å². The van der Waals surface area contributed by atoms with Crippen LogP contribution in [0.15, 0.2) is 22.6 Å². The predicted octanol–water partition coefficient (Wildman–Crippen LogP) is 1.96. The van der Waals surface area contributed by atoms with Crippen LogP contribution in [-0.4, -0.2) is 13.6 Å². The second-order valence-electron chi connectivity index (χ2n) is 2.26. The Morgan fingerprint density at radius 2 is 2.58 bits per heavy atom. The first kappa shape index (κ1) is 6.00. The second-order valence-corrected chi connectivity index (χ2v) is 3.11. The fraction of sp³-hybridized carbons (Fsp3) is 0.333. The van der Waals surface area contributed by atoms with E-state index in [1.54, 1.807) is 12.1 Å². The van der Waals surface area contributed by atoms with Gasteiger partial charge in [-0.3, -0.25) is 0 Å². The highest BCUT2D eigenvalue weighted by molar-refractivity contribution is 9.10. The third kappa shape index (κ3) is 2.22. The molecule has 0 amide bonds. The summed E-state index contributed by atoms with van der Waals surface area (Å²) in [6.07, 6.45) is -0.00449. The lowest BCUT2D eigenvalue weighted by Gasteiger charge is -2.05. The molecule has 0 aliphatic rings. The van der Waals surface area contributed by atoms with Gasteiger partial charge >= 0.3 is 0 Å². The number of nitrogens with two attached hydrogens (primary N) is 1. The van der Waals surface area contributed by atoms with Gasteiger partial charge in [-0.2, -0.15) is 0 Å². The quantitative estimate of drug-likeness (QED) is 0.866. The molecule has 0 atom stereocenters. The van der Waals surface area contributed by atoms with Gasteiger partial charge in [-0.15, -0.1) is 0 Å². The SMILES string of the molecule is [2H]c1cc(Br)c(OC)cc1CC([2H])([2H])N. The van der Waals surface area contributed by atoms with E-state index in [2.05, 4.69) is 15.9 Å². The molecule has 0 radical (unpaired) electrons. The lowest BCUT2D eigenvalue weighted by Crippen LogP contribution is -2.02. The van der Waals surface area contributed by atoms with E-state index >= 15 is 0 Å². The molecule has 1 rings (SSSR count). The van der Waals surface area contributed by atoms with E-state index in [4.69, 9.17) is 14.6 Å². The molecule has 0 spiro atoms.